The van der Waals surface area contributed by atoms with Gasteiger partial charge >= 0.3 is 0 Å². The summed E-state index contributed by atoms with van der Waals surface area (Å²) in [4.78, 5) is 2.70. The van der Waals surface area contributed by atoms with E-state index in [2.05, 4.69) is 10.0 Å². The van der Waals surface area contributed by atoms with Crippen LogP contribution in [-0.4, -0.2) is 12.6 Å². The smallest absolute Gasteiger partial charge is 0.0301 e. The van der Waals surface area contributed by atoms with Crippen LogP contribution in [0.2, 0.25) is 0 Å². The molecule has 0 amide bonds. The highest BCUT2D eigenvalue weighted by Crippen LogP contribution is 2.23. The van der Waals surface area contributed by atoms with Gasteiger partial charge in [-0.1, -0.05) is 11.5 Å². The fraction of sp³-hybridized carbons (Fsp3) is 1.00. The van der Waals surface area contributed by atoms with Gasteiger partial charge in [-0.2, -0.15) is 0 Å². The van der Waals surface area contributed by atoms with Gasteiger partial charge in [0.15, 0.2) is 0 Å². The van der Waals surface area contributed by atoms with Crippen LogP contribution in [0.1, 0.15) is 19.3 Å². The minimum absolute atomic E-state index is 0.269. The Kier molecular flexibility index (Phi) is 2.54. The predicted molar refractivity (Wildman–Crippen MR) is 39.3 cm³/mol. The first-order chi connectivity index (χ1) is 4.84. The van der Waals surface area contributed by atoms with Gasteiger partial charge in [0.1, 0.15) is 0 Å². The Bertz CT molecular complexity index is 150. The van der Waals surface area contributed by atoms with Crippen LogP contribution < -0.4 is 5.73 Å². The lowest BCUT2D eigenvalue weighted by Crippen LogP contribution is -2.26. The van der Waals surface area contributed by atoms with Gasteiger partial charge in [0, 0.05) is 17.5 Å². The second-order valence-corrected chi connectivity index (χ2v) is 2.77. The highest BCUT2D eigenvalue weighted by Gasteiger charge is 2.22. The first-order valence-corrected chi connectivity index (χ1v) is 3.61. The Morgan fingerprint density at radius 1 is 1.60 bits per heavy atom. The Hall–Kier alpha value is -0.730. The summed E-state index contributed by atoms with van der Waals surface area (Å²) in [5, 5.41) is 3.50. The van der Waals surface area contributed by atoms with E-state index < -0.39 is 0 Å². The van der Waals surface area contributed by atoms with Crippen molar-refractivity contribution in [1.29, 1.82) is 0 Å². The van der Waals surface area contributed by atoms with Crippen molar-refractivity contribution in [3.05, 3.63) is 10.4 Å². The molecule has 0 aliphatic heterocycles. The lowest BCUT2D eigenvalue weighted by molar-refractivity contribution is 0.491. The van der Waals surface area contributed by atoms with E-state index in [0.717, 1.165) is 12.8 Å². The Morgan fingerprint density at radius 3 is 2.90 bits per heavy atom. The molecule has 1 fully saturated rings. The third-order valence-electron chi connectivity index (χ3n) is 2.10. The topological polar surface area (TPSA) is 74.8 Å². The van der Waals surface area contributed by atoms with Crippen LogP contribution in [0.5, 0.6) is 0 Å². The zero-order valence-electron chi connectivity index (χ0n) is 5.90. The zero-order valence-corrected chi connectivity index (χ0v) is 5.90. The molecule has 0 aromatic heterocycles. The first-order valence-electron chi connectivity index (χ1n) is 3.61. The third kappa shape index (κ3) is 1.62. The van der Waals surface area contributed by atoms with Crippen molar-refractivity contribution in [2.24, 2.45) is 16.8 Å². The quantitative estimate of drug-likeness (QED) is 0.351. The van der Waals surface area contributed by atoms with Crippen molar-refractivity contribution in [3.63, 3.8) is 0 Å². The standard InChI is InChI=1S/C6H12N4/c7-6-3-1-2-5(6)4-9-10-8/h5-6H,1-4,7H2. The summed E-state index contributed by atoms with van der Waals surface area (Å²) in [5.74, 6) is 0.441. The second-order valence-electron chi connectivity index (χ2n) is 2.77. The van der Waals surface area contributed by atoms with Crippen molar-refractivity contribution in [2.45, 2.75) is 25.3 Å². The molecule has 1 aliphatic carbocycles. The highest BCUT2D eigenvalue weighted by atomic mass is 15.1. The van der Waals surface area contributed by atoms with Crippen molar-refractivity contribution in [1.82, 2.24) is 0 Å². The molecular weight excluding hydrogens is 128 g/mol. The number of rotatable bonds is 2. The normalized spacial score (nSPS) is 31.7. The van der Waals surface area contributed by atoms with Gasteiger partial charge in [0.25, 0.3) is 0 Å². The van der Waals surface area contributed by atoms with Crippen molar-refractivity contribution < 1.29 is 0 Å². The molecule has 0 aromatic carbocycles. The number of hydrogen-bond donors (Lipinski definition) is 1. The summed E-state index contributed by atoms with van der Waals surface area (Å²) in [7, 11) is 0. The van der Waals surface area contributed by atoms with E-state index in [9.17, 15) is 0 Å². The molecule has 10 heavy (non-hydrogen) atoms. The summed E-state index contributed by atoms with van der Waals surface area (Å²) >= 11 is 0. The van der Waals surface area contributed by atoms with E-state index in [1.54, 1.807) is 0 Å². The van der Waals surface area contributed by atoms with Crippen LogP contribution in [0.3, 0.4) is 0 Å². The summed E-state index contributed by atoms with van der Waals surface area (Å²) in [6.45, 7) is 0.581. The SMILES string of the molecule is [N-]=[N+]=NCC1CCCC1N. The minimum atomic E-state index is 0.269. The number of nitrogens with two attached hydrogens (primary N) is 1. The summed E-state index contributed by atoms with van der Waals surface area (Å²) in [6, 6.07) is 0.269. The van der Waals surface area contributed by atoms with Crippen LogP contribution in [0, 0.1) is 5.92 Å². The van der Waals surface area contributed by atoms with E-state index in [0.29, 0.717) is 12.5 Å². The maximum atomic E-state index is 8.03. The zero-order chi connectivity index (χ0) is 7.40. The molecule has 2 atom stereocenters. The Balaban J connectivity index is 2.32. The predicted octanol–water partition coefficient (Wildman–Crippen LogP) is 1.42. The second kappa shape index (κ2) is 3.44. The maximum absolute atomic E-state index is 8.03. The van der Waals surface area contributed by atoms with Gasteiger partial charge in [-0.15, -0.1) is 0 Å². The van der Waals surface area contributed by atoms with Gasteiger partial charge in [-0.05, 0) is 24.3 Å². The molecule has 1 aliphatic rings. The van der Waals surface area contributed by atoms with Crippen LogP contribution in [0.25, 0.3) is 10.4 Å². The van der Waals surface area contributed by atoms with Crippen molar-refractivity contribution in [3.8, 4) is 0 Å². The fourth-order valence-corrected chi connectivity index (χ4v) is 1.43. The summed E-state index contributed by atoms with van der Waals surface area (Å²) < 4.78 is 0. The molecule has 0 bridgehead atoms. The number of azide groups is 1. The molecule has 56 valence electrons. The van der Waals surface area contributed by atoms with Crippen LogP contribution in [0.15, 0.2) is 5.11 Å². The Morgan fingerprint density at radius 2 is 2.40 bits per heavy atom. The van der Waals surface area contributed by atoms with Crippen LogP contribution in [0.4, 0.5) is 0 Å². The lowest BCUT2D eigenvalue weighted by Gasteiger charge is -2.10. The Labute approximate surface area is 60.0 Å². The molecular formula is C6H12N4. The first kappa shape index (κ1) is 7.38. The number of nitrogens with zero attached hydrogens (tertiary/aromatic N) is 3. The molecule has 1 saturated carbocycles. The number of hydrogen-bond acceptors (Lipinski definition) is 2. The average molecular weight is 140 g/mol. The van der Waals surface area contributed by atoms with Crippen molar-refractivity contribution >= 4 is 0 Å². The molecule has 0 aromatic rings. The van der Waals surface area contributed by atoms with Gasteiger partial charge in [-0.3, -0.25) is 0 Å². The third-order valence-corrected chi connectivity index (χ3v) is 2.10. The van der Waals surface area contributed by atoms with Crippen molar-refractivity contribution in [2.75, 3.05) is 6.54 Å². The van der Waals surface area contributed by atoms with E-state index in [1.807, 2.05) is 0 Å². The minimum Gasteiger partial charge on any atom is -0.327 e. The monoisotopic (exact) mass is 140 g/mol. The van der Waals surface area contributed by atoms with Crippen LogP contribution in [-0.2, 0) is 0 Å². The average Bonchev–Trinajstić information content (AvgIpc) is 2.31. The molecule has 1 rings (SSSR count). The fourth-order valence-electron chi connectivity index (χ4n) is 1.43. The largest absolute Gasteiger partial charge is 0.327 e. The molecule has 2 unspecified atom stereocenters. The summed E-state index contributed by atoms with van der Waals surface area (Å²) in [6.07, 6.45) is 3.40. The molecule has 2 N–H and O–H groups in total. The molecule has 4 nitrogen and oxygen atoms in total. The maximum Gasteiger partial charge on any atom is 0.0301 e. The van der Waals surface area contributed by atoms with Gasteiger partial charge < -0.3 is 5.73 Å². The molecule has 0 saturated heterocycles. The molecule has 4 heteroatoms. The van der Waals surface area contributed by atoms with Gasteiger partial charge in [-0.25, -0.2) is 0 Å². The van der Waals surface area contributed by atoms with Crippen LogP contribution >= 0.6 is 0 Å². The highest BCUT2D eigenvalue weighted by molar-refractivity contribution is 4.81. The molecule has 0 spiro atoms. The van der Waals surface area contributed by atoms with E-state index in [4.69, 9.17) is 11.3 Å². The van der Waals surface area contributed by atoms with Gasteiger partial charge in [0.05, 0.1) is 0 Å². The van der Waals surface area contributed by atoms with Gasteiger partial charge in [0.2, 0.25) is 0 Å². The van der Waals surface area contributed by atoms with E-state index >= 15 is 0 Å². The van der Waals surface area contributed by atoms with E-state index in [-0.39, 0.29) is 6.04 Å². The molecule has 0 radical (unpaired) electrons. The summed E-state index contributed by atoms with van der Waals surface area (Å²) in [5.41, 5.74) is 13.8. The van der Waals surface area contributed by atoms with E-state index in [1.165, 1.54) is 6.42 Å². The molecule has 0 heterocycles. The lowest BCUT2D eigenvalue weighted by atomic mass is 10.1.